The van der Waals surface area contributed by atoms with E-state index in [0.717, 1.165) is 36.1 Å². The average Bonchev–Trinajstić information content (AvgIpc) is 2.34. The Kier molecular flexibility index (Phi) is 6.77. The maximum Gasteiger partial charge on any atom is 0.147 e. The van der Waals surface area contributed by atoms with Gasteiger partial charge in [-0.05, 0) is 19.1 Å². The third-order valence-corrected chi connectivity index (χ3v) is 3.30. The summed E-state index contributed by atoms with van der Waals surface area (Å²) in [5.74, 6) is 3.92. The van der Waals surface area contributed by atoms with Crippen molar-refractivity contribution >= 4 is 23.4 Å². The summed E-state index contributed by atoms with van der Waals surface area (Å²) in [5.41, 5.74) is 0. The number of hydrogen-bond acceptors (Lipinski definition) is 5. The summed E-state index contributed by atoms with van der Waals surface area (Å²) in [5, 5.41) is 6.59. The van der Waals surface area contributed by atoms with Crippen molar-refractivity contribution < 1.29 is 0 Å². The predicted octanol–water partition coefficient (Wildman–Crippen LogP) is 2.85. The third-order valence-electron chi connectivity index (χ3n) is 2.16. The number of nitrogens with zero attached hydrogens (tertiary/aromatic N) is 2. The highest BCUT2D eigenvalue weighted by molar-refractivity contribution is 7.99. The summed E-state index contributed by atoms with van der Waals surface area (Å²) >= 11 is 1.93. The van der Waals surface area contributed by atoms with Crippen LogP contribution in [-0.2, 0) is 0 Å². The molecule has 0 aliphatic carbocycles. The molecule has 2 N–H and O–H groups in total. The molecule has 96 valence electrons. The molecule has 1 unspecified atom stereocenters. The highest BCUT2D eigenvalue weighted by Crippen LogP contribution is 2.10. The maximum absolute atomic E-state index is 4.46. The van der Waals surface area contributed by atoms with E-state index in [4.69, 9.17) is 0 Å². The first kappa shape index (κ1) is 14.1. The lowest BCUT2D eigenvalue weighted by molar-refractivity contribution is 0.895. The number of anilines is 2. The predicted molar refractivity (Wildman–Crippen MR) is 76.9 cm³/mol. The van der Waals surface area contributed by atoms with Crippen LogP contribution in [0, 0.1) is 0 Å². The maximum atomic E-state index is 4.46. The van der Waals surface area contributed by atoms with Crippen LogP contribution in [-0.4, -0.2) is 34.1 Å². The Morgan fingerprint density at radius 2 is 2.06 bits per heavy atom. The first-order chi connectivity index (χ1) is 8.26. The summed E-state index contributed by atoms with van der Waals surface area (Å²) in [6, 6.07) is 0.413. The lowest BCUT2D eigenvalue weighted by Crippen LogP contribution is -2.19. The zero-order chi connectivity index (χ0) is 12.5. The van der Waals surface area contributed by atoms with Crippen LogP contribution in [0.2, 0.25) is 0 Å². The second-order valence-corrected chi connectivity index (χ2v) is 5.24. The molecule has 0 spiro atoms. The van der Waals surface area contributed by atoms with Crippen LogP contribution < -0.4 is 10.6 Å². The minimum absolute atomic E-state index is 0.413. The van der Waals surface area contributed by atoms with Crippen molar-refractivity contribution in [1.29, 1.82) is 0 Å². The lowest BCUT2D eigenvalue weighted by Gasteiger charge is -2.14. The molecule has 5 heteroatoms. The van der Waals surface area contributed by atoms with Crippen LogP contribution in [0.15, 0.2) is 12.4 Å². The van der Waals surface area contributed by atoms with Crippen LogP contribution >= 0.6 is 11.8 Å². The van der Waals surface area contributed by atoms with Gasteiger partial charge >= 0.3 is 0 Å². The monoisotopic (exact) mass is 254 g/mol. The van der Waals surface area contributed by atoms with Crippen molar-refractivity contribution in [2.45, 2.75) is 33.2 Å². The van der Waals surface area contributed by atoms with E-state index < -0.39 is 0 Å². The van der Waals surface area contributed by atoms with Crippen molar-refractivity contribution in [1.82, 2.24) is 9.97 Å². The molecule has 1 rings (SSSR count). The molecule has 0 radical (unpaired) electrons. The van der Waals surface area contributed by atoms with E-state index >= 15 is 0 Å². The van der Waals surface area contributed by atoms with E-state index in [0.29, 0.717) is 6.04 Å². The van der Waals surface area contributed by atoms with Gasteiger partial charge in [0.05, 0.1) is 12.4 Å². The van der Waals surface area contributed by atoms with Crippen molar-refractivity contribution in [2.75, 3.05) is 28.7 Å². The normalized spacial score (nSPS) is 12.2. The van der Waals surface area contributed by atoms with Crippen LogP contribution in [0.3, 0.4) is 0 Å². The highest BCUT2D eigenvalue weighted by Gasteiger charge is 2.03. The van der Waals surface area contributed by atoms with Gasteiger partial charge in [0.15, 0.2) is 0 Å². The van der Waals surface area contributed by atoms with Crippen molar-refractivity contribution in [2.24, 2.45) is 0 Å². The Balaban J connectivity index is 2.47. The van der Waals surface area contributed by atoms with Gasteiger partial charge in [-0.2, -0.15) is 11.8 Å². The van der Waals surface area contributed by atoms with Gasteiger partial charge in [-0.25, -0.2) is 4.98 Å². The van der Waals surface area contributed by atoms with Gasteiger partial charge in [0.2, 0.25) is 0 Å². The Morgan fingerprint density at radius 3 is 2.76 bits per heavy atom. The molecule has 1 heterocycles. The molecule has 0 aromatic carbocycles. The molecule has 0 amide bonds. The molecule has 1 aromatic heterocycles. The second-order valence-electron chi connectivity index (χ2n) is 3.92. The Morgan fingerprint density at radius 1 is 1.29 bits per heavy atom. The fourth-order valence-electron chi connectivity index (χ4n) is 1.36. The van der Waals surface area contributed by atoms with Crippen molar-refractivity contribution in [3.05, 3.63) is 12.4 Å². The molecule has 0 saturated carbocycles. The number of rotatable bonds is 8. The quantitative estimate of drug-likeness (QED) is 0.747. The summed E-state index contributed by atoms with van der Waals surface area (Å²) < 4.78 is 0. The van der Waals surface area contributed by atoms with Gasteiger partial charge in [0.1, 0.15) is 11.6 Å². The summed E-state index contributed by atoms with van der Waals surface area (Å²) in [4.78, 5) is 8.64. The number of aromatic nitrogens is 2. The van der Waals surface area contributed by atoms with Crippen molar-refractivity contribution in [3.8, 4) is 0 Å². The molecule has 1 aromatic rings. The minimum Gasteiger partial charge on any atom is -0.369 e. The largest absolute Gasteiger partial charge is 0.369 e. The molecular formula is C12H22N4S. The van der Waals surface area contributed by atoms with E-state index in [1.165, 1.54) is 0 Å². The van der Waals surface area contributed by atoms with Gasteiger partial charge in [-0.15, -0.1) is 0 Å². The number of nitrogens with one attached hydrogen (secondary N) is 2. The summed E-state index contributed by atoms with van der Waals surface area (Å²) in [6.45, 7) is 7.40. The fraction of sp³-hybridized carbons (Fsp3) is 0.667. The Hall–Kier alpha value is -0.970. The lowest BCUT2D eigenvalue weighted by atomic mass is 10.4. The molecule has 0 fully saturated rings. The first-order valence-corrected chi connectivity index (χ1v) is 7.32. The zero-order valence-electron chi connectivity index (χ0n) is 10.9. The first-order valence-electron chi connectivity index (χ1n) is 6.16. The molecule has 4 nitrogen and oxygen atoms in total. The zero-order valence-corrected chi connectivity index (χ0v) is 11.7. The standard InChI is InChI=1S/C12H22N4S/c1-4-6-14-11-7-13-8-12(16-11)15-10(3)9-17-5-2/h7-8,10H,4-6,9H2,1-3H3,(H2,14,15,16). The Bertz CT molecular complexity index is 319. The molecule has 0 saturated heterocycles. The van der Waals surface area contributed by atoms with E-state index in [2.05, 4.69) is 41.4 Å². The third kappa shape index (κ3) is 5.77. The summed E-state index contributed by atoms with van der Waals surface area (Å²) in [6.07, 6.45) is 4.61. The Labute approximate surface area is 108 Å². The van der Waals surface area contributed by atoms with Gasteiger partial charge in [0.25, 0.3) is 0 Å². The van der Waals surface area contributed by atoms with E-state index in [9.17, 15) is 0 Å². The van der Waals surface area contributed by atoms with Gasteiger partial charge in [0, 0.05) is 18.3 Å². The number of thioether (sulfide) groups is 1. The van der Waals surface area contributed by atoms with Crippen LogP contribution in [0.25, 0.3) is 0 Å². The van der Waals surface area contributed by atoms with E-state index in [1.807, 2.05) is 11.8 Å². The van der Waals surface area contributed by atoms with Gasteiger partial charge in [-0.3, -0.25) is 4.98 Å². The van der Waals surface area contributed by atoms with Crippen LogP contribution in [0.5, 0.6) is 0 Å². The molecule has 0 aliphatic rings. The van der Waals surface area contributed by atoms with Gasteiger partial charge in [-0.1, -0.05) is 13.8 Å². The topological polar surface area (TPSA) is 49.8 Å². The SMILES string of the molecule is CCCNc1cncc(NC(C)CSCC)n1. The fourth-order valence-corrected chi connectivity index (χ4v) is 2.04. The van der Waals surface area contributed by atoms with Gasteiger partial charge < -0.3 is 10.6 Å². The molecule has 1 atom stereocenters. The molecule has 17 heavy (non-hydrogen) atoms. The van der Waals surface area contributed by atoms with Crippen LogP contribution in [0.1, 0.15) is 27.2 Å². The molecule has 0 aliphatic heterocycles. The second kappa shape index (κ2) is 8.17. The molecule has 0 bridgehead atoms. The van der Waals surface area contributed by atoms with E-state index in [1.54, 1.807) is 12.4 Å². The smallest absolute Gasteiger partial charge is 0.147 e. The summed E-state index contributed by atoms with van der Waals surface area (Å²) in [7, 11) is 0. The van der Waals surface area contributed by atoms with Crippen LogP contribution in [0.4, 0.5) is 11.6 Å². The highest BCUT2D eigenvalue weighted by atomic mass is 32.2. The van der Waals surface area contributed by atoms with Crippen molar-refractivity contribution in [3.63, 3.8) is 0 Å². The average molecular weight is 254 g/mol. The number of hydrogen-bond donors (Lipinski definition) is 2. The van der Waals surface area contributed by atoms with E-state index in [-0.39, 0.29) is 0 Å². The minimum atomic E-state index is 0.413. The molecular weight excluding hydrogens is 232 g/mol.